The van der Waals surface area contributed by atoms with Crippen LogP contribution in [0.3, 0.4) is 0 Å². The van der Waals surface area contributed by atoms with Crippen molar-refractivity contribution in [3.63, 3.8) is 0 Å². The van der Waals surface area contributed by atoms with Crippen LogP contribution in [0.4, 0.5) is 22.0 Å². The van der Waals surface area contributed by atoms with Gasteiger partial charge in [0.1, 0.15) is 5.82 Å². The van der Waals surface area contributed by atoms with Gasteiger partial charge in [-0.3, -0.25) is 4.68 Å². The summed E-state index contributed by atoms with van der Waals surface area (Å²) in [6, 6.07) is 8.53. The number of urea groups is 1. The van der Waals surface area contributed by atoms with E-state index in [9.17, 15) is 13.2 Å². The number of carbonyl (C=O) groups is 1. The number of sulfone groups is 1. The number of carbonyl (C=O) groups excluding carboxylic acids is 1. The molecule has 1 aliphatic heterocycles. The number of hydrogen-bond acceptors (Lipinski definition) is 8. The second kappa shape index (κ2) is 10.4. The maximum atomic E-state index is 12.3. The Balaban J connectivity index is 1.57. The number of hydrogen-bond donors (Lipinski definition) is 2. The molecule has 35 heavy (non-hydrogen) atoms. The van der Waals surface area contributed by atoms with E-state index in [-0.39, 0.29) is 17.5 Å². The molecule has 2 N–H and O–H groups in total. The molecule has 1 atom stereocenters. The van der Waals surface area contributed by atoms with Gasteiger partial charge in [0.15, 0.2) is 15.7 Å². The summed E-state index contributed by atoms with van der Waals surface area (Å²) in [5, 5.41) is 9.49. The molecule has 2 amide bonds. The zero-order valence-electron chi connectivity index (χ0n) is 19.9. The van der Waals surface area contributed by atoms with Crippen LogP contribution < -0.4 is 15.5 Å². The topological polar surface area (TPSA) is 131 Å². The van der Waals surface area contributed by atoms with Gasteiger partial charge in [0.25, 0.3) is 0 Å². The van der Waals surface area contributed by atoms with Gasteiger partial charge in [-0.15, -0.1) is 0 Å². The van der Waals surface area contributed by atoms with Gasteiger partial charge in [-0.2, -0.15) is 5.10 Å². The number of benzene rings is 1. The number of amides is 2. The molecule has 11 nitrogen and oxygen atoms in total. The number of aromatic nitrogens is 4. The average molecular weight is 500 g/mol. The molecule has 0 spiro atoms. The molecule has 0 saturated carbocycles. The van der Waals surface area contributed by atoms with Crippen molar-refractivity contribution >= 4 is 33.1 Å². The van der Waals surface area contributed by atoms with E-state index in [0.717, 1.165) is 0 Å². The fraction of sp³-hybridized carbons (Fsp3) is 0.391. The van der Waals surface area contributed by atoms with Gasteiger partial charge in [-0.05, 0) is 31.2 Å². The molecular weight excluding hydrogens is 470 g/mol. The SMILES string of the molecule is CCS(=O)(=O)Cc1cc(N2CCOC[C@@H]2C)nc(-c2ccc(NC(=O)Nc3cnn(C)c3)cc2)n1. The smallest absolute Gasteiger partial charge is 0.323 e. The molecule has 3 heterocycles. The number of nitrogens with one attached hydrogen (secondary N) is 2. The summed E-state index contributed by atoms with van der Waals surface area (Å²) in [7, 11) is -1.51. The van der Waals surface area contributed by atoms with Crippen LogP contribution in [0.15, 0.2) is 42.7 Å². The first-order chi connectivity index (χ1) is 16.7. The minimum absolute atomic E-state index is 0.0388. The Hall–Kier alpha value is -3.51. The maximum absolute atomic E-state index is 12.3. The van der Waals surface area contributed by atoms with E-state index in [4.69, 9.17) is 9.72 Å². The van der Waals surface area contributed by atoms with Crippen molar-refractivity contribution in [2.75, 3.05) is 41.0 Å². The number of rotatable bonds is 7. The second-order valence-electron chi connectivity index (χ2n) is 8.39. The molecule has 4 rings (SSSR count). The van der Waals surface area contributed by atoms with Crippen molar-refractivity contribution < 1.29 is 17.9 Å². The molecule has 0 aliphatic carbocycles. The van der Waals surface area contributed by atoms with Gasteiger partial charge < -0.3 is 20.3 Å². The molecule has 3 aromatic rings. The lowest BCUT2D eigenvalue weighted by atomic mass is 10.2. The molecule has 1 aliphatic rings. The molecular formula is C23H29N7O4S. The van der Waals surface area contributed by atoms with Crippen LogP contribution >= 0.6 is 0 Å². The third kappa shape index (κ3) is 6.34. The molecule has 1 fully saturated rings. The Bertz CT molecular complexity index is 1290. The quantitative estimate of drug-likeness (QED) is 0.507. The van der Waals surface area contributed by atoms with Crippen molar-refractivity contribution in [3.05, 3.63) is 48.4 Å². The summed E-state index contributed by atoms with van der Waals surface area (Å²) in [5.41, 5.74) is 2.32. The third-order valence-electron chi connectivity index (χ3n) is 5.60. The van der Waals surface area contributed by atoms with Gasteiger partial charge in [0.05, 0.1) is 42.6 Å². The van der Waals surface area contributed by atoms with Gasteiger partial charge in [0, 0.05) is 42.9 Å². The molecule has 12 heteroatoms. The maximum Gasteiger partial charge on any atom is 0.323 e. The van der Waals surface area contributed by atoms with Crippen LogP contribution in [0, 0.1) is 0 Å². The summed E-state index contributed by atoms with van der Waals surface area (Å²) in [5.74, 6) is 0.981. The Morgan fingerprint density at radius 1 is 1.17 bits per heavy atom. The number of nitrogens with zero attached hydrogens (tertiary/aromatic N) is 5. The Morgan fingerprint density at radius 2 is 1.91 bits per heavy atom. The Labute approximate surface area is 204 Å². The highest BCUT2D eigenvalue weighted by Crippen LogP contribution is 2.25. The number of anilines is 3. The Morgan fingerprint density at radius 3 is 2.57 bits per heavy atom. The third-order valence-corrected chi connectivity index (χ3v) is 7.21. The van der Waals surface area contributed by atoms with E-state index in [0.29, 0.717) is 54.0 Å². The molecule has 1 saturated heterocycles. The molecule has 0 bridgehead atoms. The monoisotopic (exact) mass is 499 g/mol. The molecule has 2 aromatic heterocycles. The summed E-state index contributed by atoms with van der Waals surface area (Å²) < 4.78 is 31.7. The first kappa shape index (κ1) is 24.6. The van der Waals surface area contributed by atoms with Crippen LogP contribution in [0.25, 0.3) is 11.4 Å². The van der Waals surface area contributed by atoms with E-state index >= 15 is 0 Å². The fourth-order valence-corrected chi connectivity index (χ4v) is 4.51. The minimum atomic E-state index is -3.27. The molecule has 0 unspecified atom stereocenters. The standard InChI is InChI=1S/C23H29N7O4S/c1-4-35(32,33)15-19-11-21(30-9-10-34-14-16(30)2)28-22(25-19)17-5-7-18(8-6-17)26-23(31)27-20-12-24-29(3)13-20/h5-8,11-13,16H,4,9-10,14-15H2,1-3H3,(H2,26,27,31)/t16-/m0/s1. The highest BCUT2D eigenvalue weighted by molar-refractivity contribution is 7.90. The zero-order valence-corrected chi connectivity index (χ0v) is 20.7. The van der Waals surface area contributed by atoms with E-state index in [2.05, 4.69) is 25.6 Å². The summed E-state index contributed by atoms with van der Waals surface area (Å²) in [6.07, 6.45) is 3.25. The largest absolute Gasteiger partial charge is 0.377 e. The summed E-state index contributed by atoms with van der Waals surface area (Å²) in [6.45, 7) is 5.47. The zero-order chi connectivity index (χ0) is 25.0. The second-order valence-corrected chi connectivity index (χ2v) is 10.7. The van der Waals surface area contributed by atoms with E-state index in [1.54, 1.807) is 61.4 Å². The van der Waals surface area contributed by atoms with Crippen molar-refractivity contribution in [2.24, 2.45) is 7.05 Å². The van der Waals surface area contributed by atoms with Crippen LogP contribution in [0.5, 0.6) is 0 Å². The summed E-state index contributed by atoms with van der Waals surface area (Å²) in [4.78, 5) is 23.6. The lowest BCUT2D eigenvalue weighted by Crippen LogP contribution is -2.44. The van der Waals surface area contributed by atoms with Crippen molar-refractivity contribution in [1.29, 1.82) is 0 Å². The Kier molecular flexibility index (Phi) is 7.31. The van der Waals surface area contributed by atoms with Crippen molar-refractivity contribution in [2.45, 2.75) is 25.6 Å². The lowest BCUT2D eigenvalue weighted by molar-refractivity contribution is 0.0985. The van der Waals surface area contributed by atoms with Gasteiger partial charge >= 0.3 is 6.03 Å². The highest BCUT2D eigenvalue weighted by Gasteiger charge is 2.23. The minimum Gasteiger partial charge on any atom is -0.377 e. The summed E-state index contributed by atoms with van der Waals surface area (Å²) >= 11 is 0. The van der Waals surface area contributed by atoms with E-state index in [1.165, 1.54) is 0 Å². The molecule has 186 valence electrons. The van der Waals surface area contributed by atoms with Crippen LogP contribution in [0.1, 0.15) is 19.5 Å². The lowest BCUT2D eigenvalue weighted by Gasteiger charge is -2.34. The van der Waals surface area contributed by atoms with E-state index < -0.39 is 15.9 Å². The highest BCUT2D eigenvalue weighted by atomic mass is 32.2. The van der Waals surface area contributed by atoms with Gasteiger partial charge in [-0.1, -0.05) is 6.92 Å². The predicted octanol–water partition coefficient (Wildman–Crippen LogP) is 2.68. The average Bonchev–Trinajstić information content (AvgIpc) is 3.23. The predicted molar refractivity (Wildman–Crippen MR) is 134 cm³/mol. The number of aryl methyl sites for hydroxylation is 1. The fourth-order valence-electron chi connectivity index (χ4n) is 3.71. The van der Waals surface area contributed by atoms with Crippen molar-refractivity contribution in [3.8, 4) is 11.4 Å². The van der Waals surface area contributed by atoms with Crippen LogP contribution in [-0.2, 0) is 27.4 Å². The van der Waals surface area contributed by atoms with Crippen LogP contribution in [-0.4, -0.2) is 65.8 Å². The normalized spacial score (nSPS) is 16.2. The first-order valence-electron chi connectivity index (χ1n) is 11.3. The van der Waals surface area contributed by atoms with Gasteiger partial charge in [0.2, 0.25) is 0 Å². The van der Waals surface area contributed by atoms with Gasteiger partial charge in [-0.25, -0.2) is 23.2 Å². The van der Waals surface area contributed by atoms with Crippen molar-refractivity contribution in [1.82, 2.24) is 19.7 Å². The number of morpholine rings is 1. The molecule has 0 radical (unpaired) electrons. The number of ether oxygens (including phenoxy) is 1. The molecule has 1 aromatic carbocycles. The van der Waals surface area contributed by atoms with E-state index in [1.807, 2.05) is 6.92 Å². The van der Waals surface area contributed by atoms with Crippen LogP contribution in [0.2, 0.25) is 0 Å². The first-order valence-corrected chi connectivity index (χ1v) is 13.1.